The molecular weight excluding hydrogens is 569 g/mol. The third-order valence-electron chi connectivity index (χ3n) is 3.03. The second-order valence-corrected chi connectivity index (χ2v) is 6.60. The van der Waals surface area contributed by atoms with Gasteiger partial charge in [0.05, 0.1) is 0 Å². The Balaban J connectivity index is -0.000000301. The van der Waals surface area contributed by atoms with Gasteiger partial charge in [0, 0.05) is 49.7 Å². The molecule has 0 rings (SSSR count). The topological polar surface area (TPSA) is 81.5 Å². The number of ether oxygens (including phenoxy) is 2. The van der Waals surface area contributed by atoms with E-state index in [9.17, 15) is 0 Å². The third-order valence-corrected chi connectivity index (χ3v) is 3.03. The van der Waals surface area contributed by atoms with E-state index in [2.05, 4.69) is 53.4 Å². The molecule has 2 atom stereocenters. The third kappa shape index (κ3) is 16.5. The molecule has 0 aromatic rings. The largest absolute Gasteiger partial charge is 0.412 e. The molecule has 0 heterocycles. The summed E-state index contributed by atoms with van der Waals surface area (Å²) in [5, 5.41) is 0. The smallest absolute Gasteiger partial charge is 0.122 e. The Bertz CT molecular complexity index is 312. The molecule has 24 heavy (non-hydrogen) atoms. The minimum atomic E-state index is -0.460. The average Bonchev–Trinajstić information content (AvgIpc) is 2.25. The van der Waals surface area contributed by atoms with Crippen LogP contribution in [0, 0.1) is 68.6 Å². The zero-order valence-corrected chi connectivity index (χ0v) is 21.7. The molecule has 0 amide bonds. The predicted molar refractivity (Wildman–Crippen MR) is 93.3 cm³/mol. The number of rotatable bonds is 8. The molecule has 2 unspecified atom stereocenters. The SMILES string of the molecule is O.O.[CH2-]COC(C)(C#CC(C)(CC(C)C)OC[CH2-])CC(C)C.[U].[V]. The van der Waals surface area contributed by atoms with Crippen LogP contribution in [0.3, 0.4) is 0 Å². The summed E-state index contributed by atoms with van der Waals surface area (Å²) >= 11 is 0. The molecule has 0 spiro atoms. The second kappa shape index (κ2) is 17.5. The Hall–Kier alpha value is 1.04. The van der Waals surface area contributed by atoms with Gasteiger partial charge >= 0.3 is 0 Å². The van der Waals surface area contributed by atoms with Crippen LogP contribution in [0.15, 0.2) is 0 Å². The molecule has 0 saturated carbocycles. The summed E-state index contributed by atoms with van der Waals surface area (Å²) in [5.41, 5.74) is -0.919. The first-order chi connectivity index (χ1) is 9.16. The van der Waals surface area contributed by atoms with E-state index in [0.717, 1.165) is 12.8 Å². The van der Waals surface area contributed by atoms with Crippen LogP contribution in [0.25, 0.3) is 0 Å². The summed E-state index contributed by atoms with van der Waals surface area (Å²) in [6, 6.07) is 0. The van der Waals surface area contributed by atoms with Gasteiger partial charge < -0.3 is 34.3 Å². The second-order valence-electron chi connectivity index (χ2n) is 6.60. The summed E-state index contributed by atoms with van der Waals surface area (Å²) in [6.45, 7) is 21.2. The summed E-state index contributed by atoms with van der Waals surface area (Å²) in [5.74, 6) is 7.63. The van der Waals surface area contributed by atoms with Gasteiger partial charge in [-0.15, -0.1) is 0 Å². The van der Waals surface area contributed by atoms with Crippen molar-refractivity contribution < 1.29 is 70.1 Å². The van der Waals surface area contributed by atoms with E-state index in [1.54, 1.807) is 0 Å². The maximum Gasteiger partial charge on any atom is 0.122 e. The maximum atomic E-state index is 5.76. The normalized spacial score (nSPS) is 14.6. The number of hydrogen-bond donors (Lipinski definition) is 0. The molecule has 0 saturated heterocycles. The Kier molecular flexibility index (Phi) is 26.2. The minimum absolute atomic E-state index is 0. The van der Waals surface area contributed by atoms with Gasteiger partial charge in [0.25, 0.3) is 0 Å². The number of hydrogen-bond acceptors (Lipinski definition) is 2. The minimum Gasteiger partial charge on any atom is -0.412 e. The van der Waals surface area contributed by atoms with Crippen LogP contribution < -0.4 is 0 Å². The van der Waals surface area contributed by atoms with Gasteiger partial charge in [-0.2, -0.15) is 0 Å². The van der Waals surface area contributed by atoms with E-state index < -0.39 is 11.2 Å². The Morgan fingerprint density at radius 2 is 1.04 bits per heavy atom. The summed E-state index contributed by atoms with van der Waals surface area (Å²) in [7, 11) is 0. The van der Waals surface area contributed by atoms with Crippen molar-refractivity contribution in [2.45, 2.75) is 65.6 Å². The van der Waals surface area contributed by atoms with E-state index in [0.29, 0.717) is 25.0 Å². The Labute approximate surface area is 185 Å². The molecule has 0 aliphatic carbocycles. The summed E-state index contributed by atoms with van der Waals surface area (Å²) < 4.78 is 11.5. The molecule has 0 aliphatic heterocycles. The standard InChI is InChI=1S/C18H32O2.2H2O.U.V/c1-9-19-17(7,13-15(3)4)11-12-18(8,20-10-2)14-16(5)6;;;;/h15-16H,1-2,9-10,13-14H2,3-8H3;2*1H2;;/q-2;;;;. The van der Waals surface area contributed by atoms with Crippen LogP contribution in [-0.2, 0) is 28.0 Å². The van der Waals surface area contributed by atoms with Crippen LogP contribution in [0.2, 0.25) is 0 Å². The van der Waals surface area contributed by atoms with Crippen molar-refractivity contribution in [3.05, 3.63) is 13.8 Å². The van der Waals surface area contributed by atoms with Gasteiger partial charge in [-0.05, 0) is 38.5 Å². The molecule has 0 fully saturated rings. The van der Waals surface area contributed by atoms with E-state index in [4.69, 9.17) is 9.47 Å². The van der Waals surface area contributed by atoms with Crippen molar-refractivity contribution in [1.29, 1.82) is 0 Å². The molecule has 0 aromatic carbocycles. The first-order valence-electron chi connectivity index (χ1n) is 7.57. The van der Waals surface area contributed by atoms with Gasteiger partial charge in [-0.25, -0.2) is 0 Å². The van der Waals surface area contributed by atoms with Gasteiger partial charge in [-0.1, -0.05) is 52.7 Å². The van der Waals surface area contributed by atoms with Crippen molar-refractivity contribution in [3.63, 3.8) is 0 Å². The molecule has 143 valence electrons. The molecule has 6 heteroatoms. The molecule has 4 N–H and O–H groups in total. The quantitative estimate of drug-likeness (QED) is 0.315. The molecule has 0 aliphatic rings. The Morgan fingerprint density at radius 1 is 0.792 bits per heavy atom. The molecular formula is C18H36O4UV-2. The van der Waals surface area contributed by atoms with Crippen LogP contribution in [0.4, 0.5) is 0 Å². The summed E-state index contributed by atoms with van der Waals surface area (Å²) in [4.78, 5) is 0. The Morgan fingerprint density at radius 3 is 1.21 bits per heavy atom. The monoisotopic (exact) mass is 605 g/mol. The van der Waals surface area contributed by atoms with Crippen LogP contribution in [-0.4, -0.2) is 35.4 Å². The molecule has 4 nitrogen and oxygen atoms in total. The van der Waals surface area contributed by atoms with Crippen molar-refractivity contribution in [2.24, 2.45) is 11.8 Å². The van der Waals surface area contributed by atoms with Crippen molar-refractivity contribution in [3.8, 4) is 11.8 Å². The van der Waals surface area contributed by atoms with E-state index >= 15 is 0 Å². The van der Waals surface area contributed by atoms with Gasteiger partial charge in [-0.3, -0.25) is 0 Å². The van der Waals surface area contributed by atoms with E-state index in [-0.39, 0.29) is 60.6 Å². The predicted octanol–water partition coefficient (Wildman–Crippen LogP) is 2.65. The maximum absolute atomic E-state index is 5.76. The van der Waals surface area contributed by atoms with Crippen molar-refractivity contribution >= 4 is 0 Å². The van der Waals surface area contributed by atoms with Gasteiger partial charge in [0.1, 0.15) is 11.2 Å². The fourth-order valence-corrected chi connectivity index (χ4v) is 2.57. The van der Waals surface area contributed by atoms with Gasteiger partial charge in [0.2, 0.25) is 0 Å². The fraction of sp³-hybridized carbons (Fsp3) is 0.778. The zero-order valence-electron chi connectivity index (χ0n) is 16.2. The zero-order chi connectivity index (χ0) is 15.8. The van der Waals surface area contributed by atoms with E-state index in [1.807, 2.05) is 13.8 Å². The van der Waals surface area contributed by atoms with Crippen LogP contribution >= 0.6 is 0 Å². The fourth-order valence-electron chi connectivity index (χ4n) is 2.57. The van der Waals surface area contributed by atoms with Gasteiger partial charge in [0.15, 0.2) is 0 Å². The molecule has 0 bridgehead atoms. The summed E-state index contributed by atoms with van der Waals surface area (Å²) in [6.07, 6.45) is 1.77. The van der Waals surface area contributed by atoms with Crippen LogP contribution in [0.5, 0.6) is 0 Å². The first-order valence-corrected chi connectivity index (χ1v) is 7.57. The molecule has 0 aromatic heterocycles. The van der Waals surface area contributed by atoms with Crippen LogP contribution in [0.1, 0.15) is 54.4 Å². The molecule has 1 radical (unpaired) electrons. The average molecular weight is 605 g/mol. The van der Waals surface area contributed by atoms with Crippen molar-refractivity contribution in [2.75, 3.05) is 13.2 Å². The van der Waals surface area contributed by atoms with Crippen molar-refractivity contribution in [1.82, 2.24) is 0 Å². The van der Waals surface area contributed by atoms with E-state index in [1.165, 1.54) is 0 Å². The first kappa shape index (κ1) is 36.0.